The van der Waals surface area contributed by atoms with E-state index in [4.69, 9.17) is 4.74 Å². The normalized spacial score (nSPS) is 36.3. The third-order valence-electron chi connectivity index (χ3n) is 9.15. The van der Waals surface area contributed by atoms with Crippen LogP contribution in [0.1, 0.15) is 52.4 Å². The number of hydrogen-bond donors (Lipinski definition) is 4. The Morgan fingerprint density at radius 2 is 1.97 bits per heavy atom. The smallest absolute Gasteiger partial charge is 0.411 e. The molecule has 2 amide bonds. The van der Waals surface area contributed by atoms with Crippen LogP contribution >= 0.6 is 11.8 Å². The van der Waals surface area contributed by atoms with Crippen LogP contribution < -0.4 is 5.32 Å². The zero-order valence-electron chi connectivity index (χ0n) is 21.5. The second kappa shape index (κ2) is 10.9. The highest BCUT2D eigenvalue weighted by Crippen LogP contribution is 2.61. The van der Waals surface area contributed by atoms with Gasteiger partial charge in [-0.2, -0.15) is 0 Å². The number of amides is 2. The van der Waals surface area contributed by atoms with E-state index in [9.17, 15) is 24.9 Å². The molecule has 36 heavy (non-hydrogen) atoms. The minimum atomic E-state index is -0.698. The van der Waals surface area contributed by atoms with E-state index in [2.05, 4.69) is 12.2 Å². The average molecular weight is 521 g/mol. The molecule has 0 radical (unpaired) electrons. The Morgan fingerprint density at radius 3 is 2.64 bits per heavy atom. The highest BCUT2D eigenvalue weighted by atomic mass is 32.2. The van der Waals surface area contributed by atoms with Crippen LogP contribution in [0, 0.1) is 22.7 Å². The van der Waals surface area contributed by atoms with E-state index in [1.54, 1.807) is 16.7 Å². The Bertz CT molecular complexity index is 962. The Balaban J connectivity index is 1.48. The topological polar surface area (TPSA) is 119 Å². The Labute approximate surface area is 217 Å². The summed E-state index contributed by atoms with van der Waals surface area (Å²) in [6.07, 6.45) is 3.14. The van der Waals surface area contributed by atoms with Gasteiger partial charge >= 0.3 is 6.09 Å². The third-order valence-corrected chi connectivity index (χ3v) is 9.88. The molecule has 4 N–H and O–H groups in total. The lowest BCUT2D eigenvalue weighted by molar-refractivity contribution is -0.186. The maximum Gasteiger partial charge on any atom is 0.411 e. The van der Waals surface area contributed by atoms with E-state index in [0.29, 0.717) is 50.9 Å². The lowest BCUT2D eigenvalue weighted by atomic mass is 9.46. The number of nitrogens with zero attached hydrogens (tertiary/aromatic N) is 1. The largest absolute Gasteiger partial charge is 0.445 e. The van der Waals surface area contributed by atoms with E-state index in [1.807, 2.05) is 37.4 Å². The van der Waals surface area contributed by atoms with Crippen molar-refractivity contribution in [1.29, 1.82) is 0 Å². The maximum atomic E-state index is 13.1. The number of rotatable bonds is 6. The second-order valence-electron chi connectivity index (χ2n) is 11.2. The number of fused-ring (bicyclic) bond motifs is 1. The number of ether oxygens (including phenoxy) is 1. The molecule has 1 heterocycles. The van der Waals surface area contributed by atoms with Crippen molar-refractivity contribution in [3.63, 3.8) is 0 Å². The number of thioether (sulfide) groups is 1. The van der Waals surface area contributed by atoms with Crippen LogP contribution in [0.4, 0.5) is 10.5 Å². The summed E-state index contributed by atoms with van der Waals surface area (Å²) in [5, 5.41) is 34.3. The molecule has 1 aliphatic heterocycles. The van der Waals surface area contributed by atoms with Gasteiger partial charge < -0.3 is 25.0 Å². The number of aliphatic hydroxyl groups is 3. The van der Waals surface area contributed by atoms with Crippen molar-refractivity contribution in [3.05, 3.63) is 24.3 Å². The first-order valence-corrected chi connectivity index (χ1v) is 14.2. The van der Waals surface area contributed by atoms with Gasteiger partial charge in [-0.15, -0.1) is 11.8 Å². The van der Waals surface area contributed by atoms with Gasteiger partial charge in [-0.05, 0) is 73.8 Å². The molecule has 0 spiro atoms. The molecule has 3 fully saturated rings. The summed E-state index contributed by atoms with van der Waals surface area (Å²) in [7, 11) is 0. The lowest BCUT2D eigenvalue weighted by Crippen LogP contribution is -2.61. The Hall–Kier alpha value is -1.81. The van der Waals surface area contributed by atoms with Crippen LogP contribution in [0.3, 0.4) is 0 Å². The summed E-state index contributed by atoms with van der Waals surface area (Å²) in [6, 6.07) is 7.55. The molecule has 0 bridgehead atoms. The van der Waals surface area contributed by atoms with Crippen LogP contribution in [0.5, 0.6) is 0 Å². The van der Waals surface area contributed by atoms with Gasteiger partial charge in [0.15, 0.2) is 0 Å². The Kier molecular flexibility index (Phi) is 8.24. The molecule has 9 heteroatoms. The van der Waals surface area contributed by atoms with Crippen LogP contribution in [0.2, 0.25) is 0 Å². The summed E-state index contributed by atoms with van der Waals surface area (Å²) in [5.74, 6) is -0.309. The molecule has 7 atom stereocenters. The summed E-state index contributed by atoms with van der Waals surface area (Å²) in [5.41, 5.74) is -0.423. The number of β-amino-alcohol motifs (C(OH)–C–C–N with tert-alkyl or cyclic N) is 1. The van der Waals surface area contributed by atoms with Gasteiger partial charge in [-0.25, -0.2) is 4.79 Å². The maximum absolute atomic E-state index is 13.1. The molecule has 2 saturated carbocycles. The van der Waals surface area contributed by atoms with Gasteiger partial charge in [0.05, 0.1) is 18.8 Å². The van der Waals surface area contributed by atoms with Crippen LogP contribution in [0.25, 0.3) is 0 Å². The fourth-order valence-electron chi connectivity index (χ4n) is 7.04. The van der Waals surface area contributed by atoms with Gasteiger partial charge in [0.1, 0.15) is 6.10 Å². The molecule has 4 rings (SSSR count). The standard InChI is InChI=1S/C27H40N2O6S/c1-26-11-9-23(35-25(34)28-17-5-4-6-19(13-17)36-3)27(2,16-30)22(26)8-7-21(32)20(26)14-24(33)29-12-10-18(31)15-29/h4-6,13,18,20-23,30-32H,7-12,14-16H2,1-3H3,(H,28,34)/t18-,20-,21-,22-,23-,26+,27+/m1/s1. The van der Waals surface area contributed by atoms with Gasteiger partial charge in [-0.1, -0.05) is 19.9 Å². The molecule has 1 aromatic rings. The fraction of sp³-hybridized carbons (Fsp3) is 0.704. The highest BCUT2D eigenvalue weighted by molar-refractivity contribution is 7.98. The number of aliphatic hydroxyl groups excluding tert-OH is 3. The van der Waals surface area contributed by atoms with E-state index in [1.165, 1.54) is 0 Å². The van der Waals surface area contributed by atoms with Crippen molar-refractivity contribution in [2.24, 2.45) is 22.7 Å². The average Bonchev–Trinajstić information content (AvgIpc) is 3.29. The summed E-state index contributed by atoms with van der Waals surface area (Å²) >= 11 is 1.59. The number of carbonyl (C=O) groups is 2. The van der Waals surface area contributed by atoms with Gasteiger partial charge in [0.25, 0.3) is 0 Å². The molecule has 3 aliphatic rings. The first kappa shape index (κ1) is 27.2. The molecule has 200 valence electrons. The number of hydrogen-bond acceptors (Lipinski definition) is 7. The summed E-state index contributed by atoms with van der Waals surface area (Å²) in [4.78, 5) is 28.6. The summed E-state index contributed by atoms with van der Waals surface area (Å²) in [6.45, 7) is 4.83. The predicted octanol–water partition coefficient (Wildman–Crippen LogP) is 3.49. The zero-order chi connectivity index (χ0) is 26.1. The SMILES string of the molecule is CSc1cccc(NC(=O)O[C@@H]2CC[C@]3(C)[C@@H](CC[C@@H](O)[C@H]3CC(=O)N3CC[C@@H](O)C3)[C@]2(C)CO)c1. The molecular weight excluding hydrogens is 480 g/mol. The van der Waals surface area contributed by atoms with Gasteiger partial charge in [-0.3, -0.25) is 10.1 Å². The fourth-order valence-corrected chi connectivity index (χ4v) is 7.50. The van der Waals surface area contributed by atoms with Crippen molar-refractivity contribution in [3.8, 4) is 0 Å². The first-order valence-electron chi connectivity index (χ1n) is 13.0. The Morgan fingerprint density at radius 1 is 1.19 bits per heavy atom. The monoisotopic (exact) mass is 520 g/mol. The molecule has 8 nitrogen and oxygen atoms in total. The van der Waals surface area contributed by atoms with Gasteiger partial charge in [0, 0.05) is 35.5 Å². The minimum absolute atomic E-state index is 0.0215. The first-order chi connectivity index (χ1) is 17.1. The zero-order valence-corrected chi connectivity index (χ0v) is 22.3. The third kappa shape index (κ3) is 5.26. The van der Waals surface area contributed by atoms with Crippen LogP contribution in [0.15, 0.2) is 29.2 Å². The number of benzene rings is 1. The predicted molar refractivity (Wildman–Crippen MR) is 139 cm³/mol. The lowest BCUT2D eigenvalue weighted by Gasteiger charge is -2.60. The van der Waals surface area contributed by atoms with E-state index >= 15 is 0 Å². The quantitative estimate of drug-likeness (QED) is 0.424. The van der Waals surface area contributed by atoms with Crippen molar-refractivity contribution < 1.29 is 29.6 Å². The molecule has 1 aromatic carbocycles. The second-order valence-corrected chi connectivity index (χ2v) is 12.1. The molecule has 0 unspecified atom stereocenters. The van der Waals surface area contributed by atoms with E-state index < -0.39 is 29.8 Å². The minimum Gasteiger partial charge on any atom is -0.445 e. The highest BCUT2D eigenvalue weighted by Gasteiger charge is 2.60. The summed E-state index contributed by atoms with van der Waals surface area (Å²) < 4.78 is 5.92. The van der Waals surface area contributed by atoms with Crippen molar-refractivity contribution in [2.75, 3.05) is 31.3 Å². The molecular formula is C27H40N2O6S. The van der Waals surface area contributed by atoms with E-state index in [-0.39, 0.29) is 36.2 Å². The van der Waals surface area contributed by atoms with Crippen molar-refractivity contribution >= 4 is 29.4 Å². The molecule has 2 aliphatic carbocycles. The molecule has 0 aromatic heterocycles. The van der Waals surface area contributed by atoms with Crippen LogP contribution in [-0.4, -0.2) is 76.5 Å². The van der Waals surface area contributed by atoms with E-state index in [0.717, 1.165) is 4.90 Å². The van der Waals surface area contributed by atoms with Crippen LogP contribution in [-0.2, 0) is 9.53 Å². The number of likely N-dealkylation sites (tertiary alicyclic amines) is 1. The van der Waals surface area contributed by atoms with Crippen molar-refractivity contribution in [1.82, 2.24) is 4.90 Å². The van der Waals surface area contributed by atoms with Gasteiger partial charge in [0.2, 0.25) is 5.91 Å². The van der Waals surface area contributed by atoms with Crippen molar-refractivity contribution in [2.45, 2.75) is 75.6 Å². The number of carbonyl (C=O) groups excluding carboxylic acids is 2. The number of nitrogens with one attached hydrogen (secondary N) is 1. The molecule has 1 saturated heterocycles. The number of anilines is 1.